The number of para-hydroxylation sites is 3. The molecular weight excluding hydrogens is 1190 g/mol. The number of hydrogen-bond donors (Lipinski definition) is 0. The summed E-state index contributed by atoms with van der Waals surface area (Å²) in [5.74, 6) is 1.06. The summed E-state index contributed by atoms with van der Waals surface area (Å²) < 4.78 is 85.6. The molecule has 3 aliphatic rings. The van der Waals surface area contributed by atoms with Crippen molar-refractivity contribution in [2.24, 2.45) is 0 Å². The lowest BCUT2D eigenvalue weighted by Crippen LogP contribution is -2.59. The predicted octanol–water partition coefficient (Wildman–Crippen LogP) is 22.2. The predicted molar refractivity (Wildman–Crippen MR) is 412 cm³/mol. The van der Waals surface area contributed by atoms with Crippen LogP contribution in [0.5, 0.6) is 11.5 Å². The Hall–Kier alpha value is -11.7. The zero-order valence-corrected chi connectivity index (χ0v) is 55.2. The van der Waals surface area contributed by atoms with E-state index in [4.69, 9.17) is 10.2 Å². The van der Waals surface area contributed by atoms with Crippen molar-refractivity contribution in [2.45, 2.75) is 57.8 Å². The quantitative estimate of drug-likeness (QED) is 0.142. The Bertz CT molecular complexity index is 6190. The Balaban J connectivity index is 0.959. The van der Waals surface area contributed by atoms with Crippen molar-refractivity contribution in [3.05, 3.63) is 349 Å². The second-order valence-electron chi connectivity index (χ2n) is 28.5. The van der Waals surface area contributed by atoms with Crippen molar-refractivity contribution in [3.63, 3.8) is 0 Å². The van der Waals surface area contributed by atoms with E-state index in [1.165, 1.54) is 27.5 Å². The minimum absolute atomic E-state index is 0.00110. The van der Waals surface area contributed by atoms with Crippen LogP contribution in [0.2, 0.25) is 0 Å². The molecule has 98 heavy (non-hydrogen) atoms. The third-order valence-electron chi connectivity index (χ3n) is 21.0. The number of aromatic nitrogens is 2. The van der Waals surface area contributed by atoms with Gasteiger partial charge < -0.3 is 18.8 Å². The first-order valence-electron chi connectivity index (χ1n) is 37.9. The average Bonchev–Trinajstić information content (AvgIpc) is 1.64. The second kappa shape index (κ2) is 21.7. The summed E-state index contributed by atoms with van der Waals surface area (Å²) in [6.45, 7) is 13.1. The fourth-order valence-electron chi connectivity index (χ4n) is 16.5. The molecule has 466 valence electrons. The van der Waals surface area contributed by atoms with E-state index in [0.717, 1.165) is 111 Å². The molecule has 0 N–H and O–H groups in total. The number of ether oxygens (including phenoxy) is 1. The largest absolute Gasteiger partial charge is 0.458 e. The van der Waals surface area contributed by atoms with Gasteiger partial charge >= 0.3 is 0 Å². The zero-order chi connectivity index (χ0) is 72.7. The maximum atomic E-state index is 9.58. The molecule has 0 radical (unpaired) electrons. The van der Waals surface area contributed by atoms with Crippen molar-refractivity contribution >= 4 is 83.8 Å². The molecule has 4 heterocycles. The Labute approximate surface area is 584 Å². The summed E-state index contributed by atoms with van der Waals surface area (Å²) in [5.41, 5.74) is 23.4. The van der Waals surface area contributed by atoms with Crippen LogP contribution in [-0.2, 0) is 16.2 Å². The highest BCUT2D eigenvalue weighted by Crippen LogP contribution is 2.60. The zero-order valence-electron chi connectivity index (χ0n) is 63.2. The van der Waals surface area contributed by atoms with Crippen molar-refractivity contribution in [1.82, 2.24) is 9.13 Å². The lowest BCUT2D eigenvalue weighted by molar-refractivity contribution is 0.487. The van der Waals surface area contributed by atoms with E-state index >= 15 is 0 Å². The van der Waals surface area contributed by atoms with Crippen LogP contribution in [0, 0.1) is 0 Å². The standard InChI is InChI=1S/C93H70BN3O/c1-91(2,3)64-45-51-82-75(55-64)76-56-65(92(4,5)6)46-52-83(76)95(82)66-47-49-78-84(57-66)97(90-69(59-27-11-7-12-28-59)39-26-40-70(90)60-29-13-8-14-30-60)85-53-61(68-38-25-41-74-71-35-19-22-42-77(71)93(88(68)74,62-31-15-9-16-32-62)63-33-17-10-18-34-63)54-87-89(85)94(78)79-50-48-67(58-86(79)98-87)96-80-43-23-20-36-72(80)73-37-21-24-44-81(73)96/h7-58H,1-6H3/i20D,21D,23D,24D,36D,37D,43D,44D. The Morgan fingerprint density at radius 2 is 0.857 bits per heavy atom. The number of nitrogens with zero attached hydrogens (tertiary/aromatic N) is 3. The molecule has 0 spiro atoms. The summed E-state index contributed by atoms with van der Waals surface area (Å²) in [6.07, 6.45) is 0. The lowest BCUT2D eigenvalue weighted by Gasteiger charge is -2.42. The molecule has 16 aromatic rings. The molecule has 4 nitrogen and oxygen atoms in total. The van der Waals surface area contributed by atoms with Crippen molar-refractivity contribution in [2.75, 3.05) is 4.90 Å². The molecule has 0 amide bonds. The van der Waals surface area contributed by atoms with Crippen molar-refractivity contribution in [1.29, 1.82) is 0 Å². The third kappa shape index (κ3) is 8.58. The van der Waals surface area contributed by atoms with E-state index < -0.39 is 48.4 Å². The fraction of sp³-hybridized carbons (Fsp3) is 0.0968. The monoisotopic (exact) mass is 1260 g/mol. The van der Waals surface area contributed by atoms with Crippen LogP contribution in [0.1, 0.15) is 85.9 Å². The molecule has 1 aliphatic carbocycles. The molecule has 2 aliphatic heterocycles. The van der Waals surface area contributed by atoms with Crippen LogP contribution < -0.4 is 26.0 Å². The molecule has 0 atom stereocenters. The number of rotatable bonds is 8. The fourth-order valence-corrected chi connectivity index (χ4v) is 16.5. The molecule has 2 aromatic heterocycles. The molecular formula is C93H70BN3O. The molecule has 0 fully saturated rings. The Morgan fingerprint density at radius 3 is 1.44 bits per heavy atom. The summed E-state index contributed by atoms with van der Waals surface area (Å²) in [7, 11) is 0. The molecule has 5 heteroatoms. The van der Waals surface area contributed by atoms with E-state index in [9.17, 15) is 5.48 Å². The highest BCUT2D eigenvalue weighted by atomic mass is 16.5. The molecule has 0 saturated heterocycles. The van der Waals surface area contributed by atoms with Crippen molar-refractivity contribution < 1.29 is 15.7 Å². The average molecular weight is 1260 g/mol. The minimum atomic E-state index is -0.804. The second-order valence-corrected chi connectivity index (χ2v) is 28.5. The van der Waals surface area contributed by atoms with Gasteiger partial charge in [-0.3, -0.25) is 0 Å². The number of anilines is 3. The first-order chi connectivity index (χ1) is 51.2. The first kappa shape index (κ1) is 49.8. The molecule has 14 aromatic carbocycles. The minimum Gasteiger partial charge on any atom is -0.458 e. The van der Waals surface area contributed by atoms with E-state index in [2.05, 4.69) is 300 Å². The van der Waals surface area contributed by atoms with Crippen LogP contribution in [0.15, 0.2) is 315 Å². The number of fused-ring (bicyclic) bond motifs is 13. The van der Waals surface area contributed by atoms with Gasteiger partial charge in [-0.2, -0.15) is 0 Å². The van der Waals surface area contributed by atoms with Gasteiger partial charge in [-0.25, -0.2) is 0 Å². The van der Waals surface area contributed by atoms with E-state index in [-0.39, 0.29) is 44.7 Å². The van der Waals surface area contributed by atoms with Crippen LogP contribution in [0.3, 0.4) is 0 Å². The maximum absolute atomic E-state index is 9.58. The van der Waals surface area contributed by atoms with Crippen LogP contribution in [0.25, 0.3) is 99.5 Å². The van der Waals surface area contributed by atoms with Crippen LogP contribution in [-0.4, -0.2) is 15.8 Å². The highest BCUT2D eigenvalue weighted by molar-refractivity contribution is 6.99. The summed E-state index contributed by atoms with van der Waals surface area (Å²) >= 11 is 0. The smallest absolute Gasteiger partial charge is 0.256 e. The summed E-state index contributed by atoms with van der Waals surface area (Å²) in [6, 6.07) is 93.1. The van der Waals surface area contributed by atoms with E-state index in [1.54, 1.807) is 4.57 Å². The normalized spacial score (nSPS) is 14.7. The van der Waals surface area contributed by atoms with Crippen LogP contribution >= 0.6 is 0 Å². The van der Waals surface area contributed by atoms with Gasteiger partial charge in [-0.15, -0.1) is 0 Å². The van der Waals surface area contributed by atoms with Gasteiger partial charge in [0, 0.05) is 61.5 Å². The topological polar surface area (TPSA) is 22.3 Å². The summed E-state index contributed by atoms with van der Waals surface area (Å²) in [4.78, 5) is 2.52. The Kier molecular flexibility index (Phi) is 11.0. The maximum Gasteiger partial charge on any atom is 0.256 e. The van der Waals surface area contributed by atoms with Gasteiger partial charge in [-0.1, -0.05) is 284 Å². The SMILES string of the molecule is [2H]c1c([2H])c([2H])c2c(c1[2H])c1c([2H])c([2H])c([2H])c([2H])c1n2-c1ccc2c(c1)Oc1cc(-c3cccc4c3C(c3ccccc3)(c3ccccc3)c3ccccc3-4)cc3c1B2c1ccc(-n2c4ccc(C(C)(C)C)cc4c4cc(C(C)(C)C)ccc42)cc1N3c1c(-c2ccccc2)cccc1-c1ccccc1. The van der Waals surface area contributed by atoms with Gasteiger partial charge in [0.05, 0.1) is 44.1 Å². The van der Waals surface area contributed by atoms with E-state index in [0.29, 0.717) is 17.2 Å². The number of hydrogen-bond acceptors (Lipinski definition) is 2. The van der Waals surface area contributed by atoms with Gasteiger partial charge in [0.15, 0.2) is 0 Å². The lowest BCUT2D eigenvalue weighted by atomic mass is 9.34. The number of benzene rings is 14. The molecule has 0 unspecified atom stereocenters. The Morgan fingerprint density at radius 1 is 0.367 bits per heavy atom. The third-order valence-corrected chi connectivity index (χ3v) is 21.0. The molecule has 0 saturated carbocycles. The molecule has 0 bridgehead atoms. The van der Waals surface area contributed by atoms with Gasteiger partial charge in [0.1, 0.15) is 11.5 Å². The highest BCUT2D eigenvalue weighted by Gasteiger charge is 2.49. The van der Waals surface area contributed by atoms with Crippen LogP contribution in [0.4, 0.5) is 17.1 Å². The van der Waals surface area contributed by atoms with Crippen molar-refractivity contribution in [3.8, 4) is 67.4 Å². The first-order valence-corrected chi connectivity index (χ1v) is 33.9. The summed E-state index contributed by atoms with van der Waals surface area (Å²) in [5, 5.41) is 2.35. The van der Waals surface area contributed by atoms with Gasteiger partial charge in [0.2, 0.25) is 0 Å². The van der Waals surface area contributed by atoms with Gasteiger partial charge in [-0.05, 0) is 161 Å². The molecule has 19 rings (SSSR count). The van der Waals surface area contributed by atoms with E-state index in [1.807, 2.05) is 18.2 Å². The van der Waals surface area contributed by atoms with Gasteiger partial charge in [0.25, 0.3) is 6.71 Å².